The van der Waals surface area contributed by atoms with E-state index in [1.54, 1.807) is 0 Å². The molecule has 0 unspecified atom stereocenters. The van der Waals surface area contributed by atoms with E-state index >= 15 is 0 Å². The summed E-state index contributed by atoms with van der Waals surface area (Å²) in [7, 11) is 0. The fraction of sp³-hybridized carbons (Fsp3) is 0.647. The summed E-state index contributed by atoms with van der Waals surface area (Å²) in [5, 5.41) is 0. The maximum absolute atomic E-state index is 6.46. The second-order valence-electron chi connectivity index (χ2n) is 6.68. The summed E-state index contributed by atoms with van der Waals surface area (Å²) in [4.78, 5) is 5.06. The van der Waals surface area contributed by atoms with E-state index in [0.29, 0.717) is 6.04 Å². The van der Waals surface area contributed by atoms with Crippen molar-refractivity contribution in [2.45, 2.75) is 44.7 Å². The van der Waals surface area contributed by atoms with Gasteiger partial charge in [-0.05, 0) is 50.8 Å². The van der Waals surface area contributed by atoms with Crippen molar-refractivity contribution >= 4 is 5.69 Å². The number of nitrogens with zero attached hydrogens (tertiary/aromatic N) is 2. The Hall–Kier alpha value is -1.06. The third-order valence-electron chi connectivity index (χ3n) is 5.08. The molecule has 1 heterocycles. The Morgan fingerprint density at radius 1 is 1.10 bits per heavy atom. The Balaban J connectivity index is 1.70. The first-order valence-corrected chi connectivity index (χ1v) is 7.97. The van der Waals surface area contributed by atoms with E-state index in [-0.39, 0.29) is 5.54 Å². The molecule has 1 saturated carbocycles. The van der Waals surface area contributed by atoms with Gasteiger partial charge in [0, 0.05) is 43.4 Å². The smallest absolute Gasteiger partial charge is 0.0410 e. The van der Waals surface area contributed by atoms with Crippen molar-refractivity contribution < 1.29 is 0 Å². The minimum absolute atomic E-state index is 0.0459. The highest BCUT2D eigenvalue weighted by Gasteiger charge is 2.34. The van der Waals surface area contributed by atoms with Crippen molar-refractivity contribution in [3.63, 3.8) is 0 Å². The largest absolute Gasteiger partial charge is 0.369 e. The molecule has 3 heteroatoms. The average molecular weight is 273 g/mol. The van der Waals surface area contributed by atoms with Crippen molar-refractivity contribution in [3.8, 4) is 0 Å². The van der Waals surface area contributed by atoms with Crippen LogP contribution in [-0.4, -0.2) is 37.1 Å². The third-order valence-corrected chi connectivity index (χ3v) is 5.08. The summed E-state index contributed by atoms with van der Waals surface area (Å²) < 4.78 is 0. The molecule has 0 spiro atoms. The second kappa shape index (κ2) is 5.38. The summed E-state index contributed by atoms with van der Waals surface area (Å²) in [6.07, 6.45) is 3.54. The van der Waals surface area contributed by atoms with Gasteiger partial charge in [-0.2, -0.15) is 0 Å². The lowest BCUT2D eigenvalue weighted by Gasteiger charge is -2.41. The van der Waals surface area contributed by atoms with Crippen LogP contribution < -0.4 is 10.6 Å². The second-order valence-corrected chi connectivity index (χ2v) is 6.68. The molecule has 110 valence electrons. The van der Waals surface area contributed by atoms with Crippen LogP contribution >= 0.6 is 0 Å². The highest BCUT2D eigenvalue weighted by Crippen LogP contribution is 2.39. The normalized spacial score (nSPS) is 22.9. The molecule has 0 radical (unpaired) electrons. The number of hydrogen-bond donors (Lipinski definition) is 1. The zero-order chi connectivity index (χ0) is 14.2. The zero-order valence-corrected chi connectivity index (χ0v) is 12.8. The van der Waals surface area contributed by atoms with Gasteiger partial charge in [-0.1, -0.05) is 12.1 Å². The SMILES string of the molecule is CC(C)N1CCN(c2cccc(C3(N)CCC3)c2)CC1. The predicted octanol–water partition coefficient (Wildman–Crippen LogP) is 2.55. The quantitative estimate of drug-likeness (QED) is 0.918. The molecule has 0 bridgehead atoms. The zero-order valence-electron chi connectivity index (χ0n) is 12.8. The van der Waals surface area contributed by atoms with Crippen LogP contribution in [0.4, 0.5) is 5.69 Å². The van der Waals surface area contributed by atoms with E-state index in [9.17, 15) is 0 Å². The third kappa shape index (κ3) is 2.57. The number of hydrogen-bond acceptors (Lipinski definition) is 3. The van der Waals surface area contributed by atoms with Gasteiger partial charge >= 0.3 is 0 Å². The van der Waals surface area contributed by atoms with Crippen LogP contribution in [0.15, 0.2) is 24.3 Å². The van der Waals surface area contributed by atoms with Gasteiger partial charge in [0.25, 0.3) is 0 Å². The number of nitrogens with two attached hydrogens (primary N) is 1. The molecule has 1 aliphatic heterocycles. The molecule has 2 N–H and O–H groups in total. The molecule has 1 aliphatic carbocycles. The summed E-state index contributed by atoms with van der Waals surface area (Å²) in [5.41, 5.74) is 9.09. The molecule has 1 aromatic carbocycles. The molecule has 0 aromatic heterocycles. The van der Waals surface area contributed by atoms with Gasteiger partial charge < -0.3 is 10.6 Å². The van der Waals surface area contributed by atoms with Gasteiger partial charge in [0.2, 0.25) is 0 Å². The van der Waals surface area contributed by atoms with Crippen molar-refractivity contribution in [2.75, 3.05) is 31.1 Å². The molecule has 0 amide bonds. The molecule has 20 heavy (non-hydrogen) atoms. The van der Waals surface area contributed by atoms with Crippen LogP contribution in [0.25, 0.3) is 0 Å². The van der Waals surface area contributed by atoms with Crippen LogP contribution in [0.5, 0.6) is 0 Å². The minimum Gasteiger partial charge on any atom is -0.369 e. The van der Waals surface area contributed by atoms with E-state index < -0.39 is 0 Å². The molecular formula is C17H27N3. The molecule has 2 fully saturated rings. The van der Waals surface area contributed by atoms with Crippen LogP contribution in [-0.2, 0) is 5.54 Å². The Morgan fingerprint density at radius 2 is 1.80 bits per heavy atom. The van der Waals surface area contributed by atoms with Crippen molar-refractivity contribution in [2.24, 2.45) is 5.73 Å². The first-order valence-electron chi connectivity index (χ1n) is 7.97. The Morgan fingerprint density at radius 3 is 2.35 bits per heavy atom. The summed E-state index contributed by atoms with van der Waals surface area (Å²) >= 11 is 0. The molecule has 1 saturated heterocycles. The van der Waals surface area contributed by atoms with Gasteiger partial charge in [0.1, 0.15) is 0 Å². The average Bonchev–Trinajstić information content (AvgIpc) is 2.45. The van der Waals surface area contributed by atoms with Gasteiger partial charge in [-0.3, -0.25) is 4.90 Å². The lowest BCUT2D eigenvalue weighted by Crippen LogP contribution is -2.49. The standard InChI is InChI=1S/C17H27N3/c1-14(2)19-9-11-20(12-10-19)16-6-3-5-15(13-16)17(18)7-4-8-17/h3,5-6,13-14H,4,7-12,18H2,1-2H3. The van der Waals surface area contributed by atoms with Crippen LogP contribution in [0, 0.1) is 0 Å². The lowest BCUT2D eigenvalue weighted by molar-refractivity contribution is 0.209. The van der Waals surface area contributed by atoms with Crippen molar-refractivity contribution in [1.82, 2.24) is 4.90 Å². The van der Waals surface area contributed by atoms with E-state index in [0.717, 1.165) is 39.0 Å². The topological polar surface area (TPSA) is 32.5 Å². The highest BCUT2D eigenvalue weighted by atomic mass is 15.3. The first kappa shape index (κ1) is 13.9. The van der Waals surface area contributed by atoms with Gasteiger partial charge in [-0.25, -0.2) is 0 Å². The number of benzene rings is 1. The molecule has 1 aromatic rings. The fourth-order valence-corrected chi connectivity index (χ4v) is 3.36. The fourth-order valence-electron chi connectivity index (χ4n) is 3.36. The molecule has 3 rings (SSSR count). The van der Waals surface area contributed by atoms with Crippen LogP contribution in [0.1, 0.15) is 38.7 Å². The maximum Gasteiger partial charge on any atom is 0.0410 e. The summed E-state index contributed by atoms with van der Waals surface area (Å²) in [6, 6.07) is 9.59. The van der Waals surface area contributed by atoms with Crippen molar-refractivity contribution in [3.05, 3.63) is 29.8 Å². The highest BCUT2D eigenvalue weighted by molar-refractivity contribution is 5.51. The van der Waals surface area contributed by atoms with E-state index in [2.05, 4.69) is 47.9 Å². The van der Waals surface area contributed by atoms with E-state index in [1.165, 1.54) is 17.7 Å². The van der Waals surface area contributed by atoms with E-state index in [4.69, 9.17) is 5.73 Å². The maximum atomic E-state index is 6.46. The Labute approximate surface area is 122 Å². The lowest BCUT2D eigenvalue weighted by atomic mass is 9.73. The summed E-state index contributed by atoms with van der Waals surface area (Å²) in [5.74, 6) is 0. The van der Waals surface area contributed by atoms with E-state index in [1.807, 2.05) is 0 Å². The monoisotopic (exact) mass is 273 g/mol. The molecule has 2 aliphatic rings. The Kier molecular flexibility index (Phi) is 3.74. The Bertz CT molecular complexity index is 457. The minimum atomic E-state index is -0.0459. The van der Waals surface area contributed by atoms with Crippen LogP contribution in [0.3, 0.4) is 0 Å². The number of piperazine rings is 1. The predicted molar refractivity (Wildman–Crippen MR) is 85.1 cm³/mol. The van der Waals surface area contributed by atoms with Gasteiger partial charge in [0.15, 0.2) is 0 Å². The molecule has 0 atom stereocenters. The number of anilines is 1. The summed E-state index contributed by atoms with van der Waals surface area (Å²) in [6.45, 7) is 9.14. The van der Waals surface area contributed by atoms with Gasteiger partial charge in [-0.15, -0.1) is 0 Å². The first-order chi connectivity index (χ1) is 9.58. The van der Waals surface area contributed by atoms with Crippen molar-refractivity contribution in [1.29, 1.82) is 0 Å². The van der Waals surface area contributed by atoms with Gasteiger partial charge in [0.05, 0.1) is 0 Å². The molecule has 3 nitrogen and oxygen atoms in total. The van der Waals surface area contributed by atoms with Crippen LogP contribution in [0.2, 0.25) is 0 Å². The molecular weight excluding hydrogens is 246 g/mol. The number of rotatable bonds is 3.